The Labute approximate surface area is 164 Å². The highest BCUT2D eigenvalue weighted by atomic mass is 32.2. The minimum atomic E-state index is 0.832. The van der Waals surface area contributed by atoms with Gasteiger partial charge in [-0.15, -0.1) is 11.8 Å². The Morgan fingerprint density at radius 2 is 1.44 bits per heavy atom. The van der Waals surface area contributed by atoms with Gasteiger partial charge in [-0.05, 0) is 72.7 Å². The van der Waals surface area contributed by atoms with Crippen molar-refractivity contribution < 1.29 is 9.47 Å². The van der Waals surface area contributed by atoms with Gasteiger partial charge in [0.25, 0.3) is 0 Å². The molecule has 0 aliphatic carbocycles. The summed E-state index contributed by atoms with van der Waals surface area (Å²) >= 11 is 1.72. The van der Waals surface area contributed by atoms with Crippen molar-refractivity contribution in [1.29, 1.82) is 0 Å². The molecule has 0 N–H and O–H groups in total. The van der Waals surface area contributed by atoms with Crippen molar-refractivity contribution in [3.8, 4) is 34.0 Å². The average molecular weight is 381 g/mol. The molecule has 2 aromatic carbocycles. The van der Waals surface area contributed by atoms with Crippen molar-refractivity contribution in [2.75, 3.05) is 20.5 Å². The summed E-state index contributed by atoms with van der Waals surface area (Å²) in [7, 11) is 5.40. The number of ether oxygens (including phenoxy) is 2. The van der Waals surface area contributed by atoms with E-state index in [1.165, 1.54) is 4.91 Å². The zero-order chi connectivity index (χ0) is 19.4. The maximum absolute atomic E-state index is 5.30. The van der Waals surface area contributed by atoms with Gasteiger partial charge < -0.3 is 14.0 Å². The molecule has 1 heterocycles. The van der Waals surface area contributed by atoms with Crippen LogP contribution in [0.3, 0.4) is 0 Å². The number of imidazole rings is 1. The van der Waals surface area contributed by atoms with E-state index in [-0.39, 0.29) is 0 Å². The molecular weight excluding hydrogens is 356 g/mol. The molecule has 1 aromatic heterocycles. The molecule has 0 bridgehead atoms. The third kappa shape index (κ3) is 4.03. The van der Waals surface area contributed by atoms with Gasteiger partial charge >= 0.3 is 0 Å². The van der Waals surface area contributed by atoms with Gasteiger partial charge in [-0.3, -0.25) is 0 Å². The van der Waals surface area contributed by atoms with Crippen LogP contribution in [0.2, 0.25) is 0 Å². The van der Waals surface area contributed by atoms with Gasteiger partial charge in [-0.2, -0.15) is 0 Å². The Hall–Kier alpha value is -2.66. The van der Waals surface area contributed by atoms with E-state index >= 15 is 0 Å². The van der Waals surface area contributed by atoms with E-state index in [1.807, 2.05) is 36.4 Å². The van der Waals surface area contributed by atoms with Crippen LogP contribution >= 0.6 is 11.8 Å². The van der Waals surface area contributed by atoms with Gasteiger partial charge in [0.2, 0.25) is 0 Å². The smallest absolute Gasteiger partial charge is 0.134 e. The van der Waals surface area contributed by atoms with Crippen LogP contribution in [0.5, 0.6) is 11.5 Å². The zero-order valence-corrected chi connectivity index (χ0v) is 17.1. The van der Waals surface area contributed by atoms with Gasteiger partial charge in [0, 0.05) is 18.2 Å². The summed E-state index contributed by atoms with van der Waals surface area (Å²) in [5.41, 5.74) is 4.17. The lowest BCUT2D eigenvalue weighted by molar-refractivity contribution is 0.414. The van der Waals surface area contributed by atoms with E-state index < -0.39 is 0 Å². The molecule has 0 unspecified atom stereocenters. The quantitative estimate of drug-likeness (QED) is 0.566. The lowest BCUT2D eigenvalue weighted by Gasteiger charge is -2.09. The molecule has 0 aliphatic heterocycles. The van der Waals surface area contributed by atoms with Gasteiger partial charge in [0.15, 0.2) is 0 Å². The Bertz CT molecular complexity index is 942. The molecule has 3 aromatic rings. The fourth-order valence-corrected chi connectivity index (χ4v) is 3.14. The minimum absolute atomic E-state index is 0.832. The topological polar surface area (TPSA) is 36.3 Å². The first-order chi connectivity index (χ1) is 13.1. The van der Waals surface area contributed by atoms with Crippen molar-refractivity contribution in [2.24, 2.45) is 7.05 Å². The van der Waals surface area contributed by atoms with Crippen molar-refractivity contribution >= 4 is 17.8 Å². The van der Waals surface area contributed by atoms with Gasteiger partial charge in [-0.25, -0.2) is 4.98 Å². The predicted molar refractivity (Wildman–Crippen MR) is 114 cm³/mol. The summed E-state index contributed by atoms with van der Waals surface area (Å²) in [4.78, 5) is 6.16. The SMILES string of the molecule is COc1ccc(-c2nc(/C=C(\C)SC)n(C)c2-c2ccc(OC)cc2)cc1. The van der Waals surface area contributed by atoms with Crippen LogP contribution in [0.4, 0.5) is 0 Å². The summed E-state index contributed by atoms with van der Waals surface area (Å²) in [5, 5.41) is 0. The fraction of sp³-hybridized carbons (Fsp3) is 0.227. The van der Waals surface area contributed by atoms with E-state index in [1.54, 1.807) is 26.0 Å². The maximum Gasteiger partial charge on any atom is 0.134 e. The highest BCUT2D eigenvalue weighted by molar-refractivity contribution is 8.02. The number of hydrogen-bond acceptors (Lipinski definition) is 4. The second-order valence-corrected chi connectivity index (χ2v) is 7.19. The van der Waals surface area contributed by atoms with Crippen LogP contribution in [-0.2, 0) is 7.05 Å². The highest BCUT2D eigenvalue weighted by Crippen LogP contribution is 2.34. The summed E-state index contributed by atoms with van der Waals surface area (Å²) in [6, 6.07) is 16.1. The number of methoxy groups -OCH3 is 2. The molecule has 0 aliphatic rings. The number of aromatic nitrogens is 2. The second-order valence-electron chi connectivity index (χ2n) is 6.14. The predicted octanol–water partition coefficient (Wildman–Crippen LogP) is 5.50. The first-order valence-electron chi connectivity index (χ1n) is 8.65. The molecule has 5 heteroatoms. The number of allylic oxidation sites excluding steroid dienone is 1. The molecule has 0 radical (unpaired) electrons. The second kappa shape index (κ2) is 8.35. The molecule has 3 rings (SSSR count). The molecule has 0 amide bonds. The lowest BCUT2D eigenvalue weighted by atomic mass is 10.0. The molecule has 140 valence electrons. The summed E-state index contributed by atoms with van der Waals surface area (Å²) in [6.45, 7) is 2.10. The first-order valence-corrected chi connectivity index (χ1v) is 9.87. The van der Waals surface area contributed by atoms with Crippen LogP contribution in [0.25, 0.3) is 28.6 Å². The number of hydrogen-bond donors (Lipinski definition) is 0. The Morgan fingerprint density at radius 3 is 1.93 bits per heavy atom. The Balaban J connectivity index is 2.18. The maximum atomic E-state index is 5.30. The van der Waals surface area contributed by atoms with Crippen LogP contribution in [0.1, 0.15) is 12.7 Å². The minimum Gasteiger partial charge on any atom is -0.497 e. The molecule has 4 nitrogen and oxygen atoms in total. The molecule has 0 atom stereocenters. The van der Waals surface area contributed by atoms with Crippen LogP contribution < -0.4 is 9.47 Å². The molecule has 0 saturated carbocycles. The van der Waals surface area contributed by atoms with Crippen LogP contribution in [0, 0.1) is 0 Å². The molecule has 0 saturated heterocycles. The van der Waals surface area contributed by atoms with Gasteiger partial charge in [-0.1, -0.05) is 0 Å². The third-order valence-corrected chi connectivity index (χ3v) is 5.27. The standard InChI is InChI=1S/C22H24N2O2S/c1-15(27-5)14-20-23-21(16-6-10-18(25-3)11-7-16)22(24(20)2)17-8-12-19(26-4)13-9-17/h6-14H,1-5H3/b15-14+. The zero-order valence-electron chi connectivity index (χ0n) is 16.3. The van der Waals surface area contributed by atoms with Gasteiger partial charge in [0.1, 0.15) is 17.3 Å². The monoisotopic (exact) mass is 380 g/mol. The highest BCUT2D eigenvalue weighted by Gasteiger charge is 2.17. The normalized spacial score (nSPS) is 11.5. The number of thioether (sulfide) groups is 1. The number of rotatable bonds is 6. The van der Waals surface area contributed by atoms with Crippen LogP contribution in [0.15, 0.2) is 53.4 Å². The molecule has 0 fully saturated rings. The van der Waals surface area contributed by atoms with Crippen molar-refractivity contribution in [3.05, 3.63) is 59.3 Å². The fourth-order valence-electron chi connectivity index (χ4n) is 2.92. The summed E-state index contributed by atoms with van der Waals surface area (Å²) < 4.78 is 12.7. The Kier molecular flexibility index (Phi) is 5.91. The largest absolute Gasteiger partial charge is 0.497 e. The number of nitrogens with zero attached hydrogens (tertiary/aromatic N) is 2. The van der Waals surface area contributed by atoms with E-state index in [4.69, 9.17) is 14.5 Å². The molecule has 27 heavy (non-hydrogen) atoms. The summed E-state index contributed by atoms with van der Waals surface area (Å²) in [5.74, 6) is 2.60. The van der Waals surface area contributed by atoms with Crippen molar-refractivity contribution in [2.45, 2.75) is 6.92 Å². The van der Waals surface area contributed by atoms with E-state index in [9.17, 15) is 0 Å². The molecule has 0 spiro atoms. The lowest BCUT2D eigenvalue weighted by Crippen LogP contribution is -1.96. The van der Waals surface area contributed by atoms with E-state index in [2.05, 4.69) is 43.0 Å². The van der Waals surface area contributed by atoms with E-state index in [0.29, 0.717) is 0 Å². The van der Waals surface area contributed by atoms with Gasteiger partial charge in [0.05, 0.1) is 25.6 Å². The Morgan fingerprint density at radius 1 is 0.926 bits per heavy atom. The van der Waals surface area contributed by atoms with Crippen molar-refractivity contribution in [1.82, 2.24) is 9.55 Å². The number of benzene rings is 2. The van der Waals surface area contributed by atoms with Crippen molar-refractivity contribution in [3.63, 3.8) is 0 Å². The molecular formula is C22H24N2O2S. The summed E-state index contributed by atoms with van der Waals surface area (Å²) in [6.07, 6.45) is 4.19. The third-order valence-electron chi connectivity index (χ3n) is 4.51. The average Bonchev–Trinajstić information content (AvgIpc) is 3.04. The van der Waals surface area contributed by atoms with E-state index in [0.717, 1.165) is 39.8 Å². The van der Waals surface area contributed by atoms with Crippen LogP contribution in [-0.4, -0.2) is 30.0 Å². The first kappa shape index (κ1) is 19.1.